The van der Waals surface area contributed by atoms with Crippen molar-refractivity contribution in [2.75, 3.05) is 6.54 Å². The van der Waals surface area contributed by atoms with Crippen molar-refractivity contribution in [2.45, 2.75) is 56.9 Å². The van der Waals surface area contributed by atoms with Gasteiger partial charge >= 0.3 is 0 Å². The molecule has 2 unspecified atom stereocenters. The van der Waals surface area contributed by atoms with Gasteiger partial charge in [-0.1, -0.05) is 48.4 Å². The predicted octanol–water partition coefficient (Wildman–Crippen LogP) is 5.57. The van der Waals surface area contributed by atoms with Gasteiger partial charge in [0.15, 0.2) is 0 Å². The van der Waals surface area contributed by atoms with E-state index in [4.69, 9.17) is 0 Å². The van der Waals surface area contributed by atoms with Crippen LogP contribution < -0.4 is 5.32 Å². The lowest BCUT2D eigenvalue weighted by Gasteiger charge is -2.38. The molecule has 0 bridgehead atoms. The molecule has 2 heteroatoms. The van der Waals surface area contributed by atoms with Gasteiger partial charge in [0.2, 0.25) is 0 Å². The normalized spacial score (nSPS) is 26.0. The molecule has 1 aliphatic carbocycles. The molecule has 1 aromatic heterocycles. The zero-order valence-electron chi connectivity index (χ0n) is 15.6. The summed E-state index contributed by atoms with van der Waals surface area (Å²) < 4.78 is 0. The van der Waals surface area contributed by atoms with Crippen LogP contribution in [-0.2, 0) is 12.0 Å². The lowest BCUT2D eigenvalue weighted by molar-refractivity contribution is 0.269. The Morgan fingerprint density at radius 2 is 1.88 bits per heavy atom. The second-order valence-corrected chi connectivity index (χ2v) is 8.32. The van der Waals surface area contributed by atoms with E-state index >= 15 is 0 Å². The Morgan fingerprint density at radius 3 is 2.77 bits per heavy atom. The molecular formula is C24H28N2. The van der Waals surface area contributed by atoms with Gasteiger partial charge in [-0.3, -0.25) is 0 Å². The molecule has 5 rings (SSSR count). The highest BCUT2D eigenvalue weighted by Crippen LogP contribution is 2.45. The molecule has 1 aliphatic heterocycles. The first-order chi connectivity index (χ1) is 12.8. The number of fused-ring (bicyclic) bond motifs is 4. The van der Waals surface area contributed by atoms with Crippen LogP contribution in [0.3, 0.4) is 0 Å². The summed E-state index contributed by atoms with van der Waals surface area (Å²) in [4.78, 5) is 3.82. The topological polar surface area (TPSA) is 27.8 Å². The van der Waals surface area contributed by atoms with E-state index < -0.39 is 0 Å². The molecule has 0 radical (unpaired) electrons. The van der Waals surface area contributed by atoms with E-state index in [9.17, 15) is 0 Å². The Balaban J connectivity index is 1.52. The summed E-state index contributed by atoms with van der Waals surface area (Å²) in [6.45, 7) is 3.30. The molecule has 3 aromatic rings. The van der Waals surface area contributed by atoms with Crippen LogP contribution in [0.4, 0.5) is 0 Å². The summed E-state index contributed by atoms with van der Waals surface area (Å²) in [5.74, 6) is 0.703. The first kappa shape index (κ1) is 16.1. The molecule has 134 valence electrons. The van der Waals surface area contributed by atoms with Crippen LogP contribution in [-0.4, -0.2) is 11.5 Å². The third-order valence-electron chi connectivity index (χ3n) is 6.73. The smallest absolute Gasteiger partial charge is 0.0590 e. The summed E-state index contributed by atoms with van der Waals surface area (Å²) >= 11 is 0. The second kappa shape index (κ2) is 6.28. The number of hydrogen-bond donors (Lipinski definition) is 2. The van der Waals surface area contributed by atoms with Crippen molar-refractivity contribution in [3.8, 4) is 0 Å². The number of benzene rings is 2. The van der Waals surface area contributed by atoms with Gasteiger partial charge in [0, 0.05) is 23.1 Å². The third-order valence-corrected chi connectivity index (χ3v) is 6.73. The zero-order valence-corrected chi connectivity index (χ0v) is 15.6. The van der Waals surface area contributed by atoms with Gasteiger partial charge in [0.25, 0.3) is 0 Å². The Bertz CT molecular complexity index is 924. The third kappa shape index (κ3) is 2.59. The van der Waals surface area contributed by atoms with Crippen LogP contribution in [0.2, 0.25) is 0 Å². The molecule has 1 saturated carbocycles. The van der Waals surface area contributed by atoms with Crippen molar-refractivity contribution < 1.29 is 0 Å². The van der Waals surface area contributed by atoms with E-state index in [0.29, 0.717) is 5.92 Å². The van der Waals surface area contributed by atoms with Crippen LogP contribution in [0.1, 0.15) is 60.4 Å². The maximum atomic E-state index is 3.95. The summed E-state index contributed by atoms with van der Waals surface area (Å²) in [6, 6.07) is 18.0. The molecule has 2 N–H and O–H groups in total. The van der Waals surface area contributed by atoms with E-state index in [2.05, 4.69) is 65.8 Å². The summed E-state index contributed by atoms with van der Waals surface area (Å²) in [5.41, 5.74) is 7.39. The number of aromatic amines is 1. The fraction of sp³-hybridized carbons (Fsp3) is 0.417. The van der Waals surface area contributed by atoms with E-state index in [-0.39, 0.29) is 5.54 Å². The van der Waals surface area contributed by atoms with Crippen LogP contribution in [0.25, 0.3) is 10.9 Å². The minimum atomic E-state index is 0.143. The number of hydrogen-bond acceptors (Lipinski definition) is 1. The number of H-pyrrole nitrogens is 1. The minimum Gasteiger partial charge on any atom is -0.357 e. The molecule has 2 nitrogen and oxygen atoms in total. The molecule has 26 heavy (non-hydrogen) atoms. The predicted molar refractivity (Wildman–Crippen MR) is 109 cm³/mol. The number of aryl methyl sites for hydroxylation is 1. The highest BCUT2D eigenvalue weighted by Gasteiger charge is 2.40. The fourth-order valence-electron chi connectivity index (χ4n) is 5.37. The van der Waals surface area contributed by atoms with Crippen LogP contribution in [0, 0.1) is 6.92 Å². The van der Waals surface area contributed by atoms with Gasteiger partial charge in [0.1, 0.15) is 0 Å². The molecule has 1 spiro atoms. The minimum absolute atomic E-state index is 0.143. The van der Waals surface area contributed by atoms with Gasteiger partial charge < -0.3 is 10.3 Å². The standard InChI is InChI=1S/C24H28N2/c1-17-9-10-22-21(16-17)20-12-15-25-24(23(20)26-22)13-5-8-19(11-14-24)18-6-3-2-4-7-18/h2-4,6-7,9-10,16,19,25-26H,5,8,11-15H2,1H3. The SMILES string of the molecule is Cc1ccc2[nH]c3c(c2c1)CCNC31CCCC(c2ccccc2)CC1. The van der Waals surface area contributed by atoms with Gasteiger partial charge in [-0.25, -0.2) is 0 Å². The Labute approximate surface area is 156 Å². The molecule has 2 aliphatic rings. The highest BCUT2D eigenvalue weighted by atomic mass is 15.0. The fourth-order valence-corrected chi connectivity index (χ4v) is 5.37. The van der Waals surface area contributed by atoms with Crippen molar-refractivity contribution in [1.29, 1.82) is 0 Å². The Hall–Kier alpha value is -2.06. The number of aromatic nitrogens is 1. The summed E-state index contributed by atoms with van der Waals surface area (Å²) in [7, 11) is 0. The Morgan fingerprint density at radius 1 is 1.00 bits per heavy atom. The molecule has 2 atom stereocenters. The van der Waals surface area contributed by atoms with Gasteiger partial charge in [0.05, 0.1) is 5.54 Å². The maximum absolute atomic E-state index is 3.95. The van der Waals surface area contributed by atoms with Crippen LogP contribution in [0.15, 0.2) is 48.5 Å². The molecule has 0 saturated heterocycles. The average Bonchev–Trinajstić information content (AvgIpc) is 2.91. The van der Waals surface area contributed by atoms with E-state index in [0.717, 1.165) is 13.0 Å². The van der Waals surface area contributed by atoms with Gasteiger partial charge in [-0.05, 0) is 68.2 Å². The first-order valence-corrected chi connectivity index (χ1v) is 10.2. The number of rotatable bonds is 1. The van der Waals surface area contributed by atoms with Crippen LogP contribution >= 0.6 is 0 Å². The van der Waals surface area contributed by atoms with E-state index in [1.165, 1.54) is 59.8 Å². The number of nitrogens with one attached hydrogen (secondary N) is 2. The van der Waals surface area contributed by atoms with E-state index in [1.54, 1.807) is 5.56 Å². The molecule has 0 amide bonds. The van der Waals surface area contributed by atoms with Crippen molar-refractivity contribution in [3.63, 3.8) is 0 Å². The lowest BCUT2D eigenvalue weighted by atomic mass is 9.80. The lowest BCUT2D eigenvalue weighted by Crippen LogP contribution is -2.47. The van der Waals surface area contributed by atoms with Crippen molar-refractivity contribution in [2.24, 2.45) is 0 Å². The first-order valence-electron chi connectivity index (χ1n) is 10.2. The quantitative estimate of drug-likeness (QED) is 0.594. The zero-order chi connectivity index (χ0) is 17.6. The highest BCUT2D eigenvalue weighted by molar-refractivity contribution is 5.86. The monoisotopic (exact) mass is 344 g/mol. The molecular weight excluding hydrogens is 316 g/mol. The van der Waals surface area contributed by atoms with Crippen LogP contribution in [0.5, 0.6) is 0 Å². The molecule has 1 fully saturated rings. The second-order valence-electron chi connectivity index (χ2n) is 8.32. The summed E-state index contributed by atoms with van der Waals surface area (Å²) in [5, 5.41) is 5.40. The van der Waals surface area contributed by atoms with Gasteiger partial charge in [-0.15, -0.1) is 0 Å². The average molecular weight is 345 g/mol. The maximum Gasteiger partial charge on any atom is 0.0590 e. The Kier molecular flexibility index (Phi) is 3.90. The van der Waals surface area contributed by atoms with Crippen molar-refractivity contribution in [1.82, 2.24) is 10.3 Å². The van der Waals surface area contributed by atoms with Gasteiger partial charge in [-0.2, -0.15) is 0 Å². The van der Waals surface area contributed by atoms with E-state index in [1.807, 2.05) is 0 Å². The molecule has 2 aromatic carbocycles. The van der Waals surface area contributed by atoms with Crippen molar-refractivity contribution in [3.05, 3.63) is 70.9 Å². The van der Waals surface area contributed by atoms with Crippen molar-refractivity contribution >= 4 is 10.9 Å². The largest absolute Gasteiger partial charge is 0.357 e. The molecule has 2 heterocycles. The summed E-state index contributed by atoms with van der Waals surface area (Å²) in [6.07, 6.45) is 7.48.